The fourth-order valence-electron chi connectivity index (χ4n) is 1.74. The van der Waals surface area contributed by atoms with E-state index in [2.05, 4.69) is 25.6 Å². The van der Waals surface area contributed by atoms with Gasteiger partial charge in [-0.2, -0.15) is 5.10 Å². The summed E-state index contributed by atoms with van der Waals surface area (Å²) in [6, 6.07) is 0.270. The van der Waals surface area contributed by atoms with Gasteiger partial charge in [0.2, 0.25) is 0 Å². The summed E-state index contributed by atoms with van der Waals surface area (Å²) in [5.74, 6) is 0.193. The molecule has 1 fully saturated rings. The van der Waals surface area contributed by atoms with E-state index >= 15 is 0 Å². The lowest BCUT2D eigenvalue weighted by atomic mass is 10.2. The van der Waals surface area contributed by atoms with Crippen molar-refractivity contribution in [2.45, 2.75) is 12.5 Å². The molecule has 1 unspecified atom stereocenters. The van der Waals surface area contributed by atoms with E-state index in [0.29, 0.717) is 5.82 Å². The van der Waals surface area contributed by atoms with Gasteiger partial charge in [-0.05, 0) is 13.0 Å². The number of aromatic amines is 1. The largest absolute Gasteiger partial charge is 0.465 e. The molecule has 0 aromatic carbocycles. The summed E-state index contributed by atoms with van der Waals surface area (Å²) in [5, 5.41) is 12.9. The molecule has 1 aromatic heterocycles. The predicted molar refractivity (Wildman–Crippen MR) is 59.2 cm³/mol. The molecule has 0 saturated carbocycles. The van der Waals surface area contributed by atoms with E-state index in [9.17, 15) is 4.79 Å². The molecule has 7 nitrogen and oxygen atoms in total. The summed E-state index contributed by atoms with van der Waals surface area (Å²) in [7, 11) is 1.32. The lowest BCUT2D eigenvalue weighted by Crippen LogP contribution is -2.23. The van der Waals surface area contributed by atoms with Gasteiger partial charge in [0.25, 0.3) is 0 Å². The number of nitrogens with one attached hydrogen (secondary N) is 3. The molecule has 1 aliphatic rings. The molecule has 2 heterocycles. The van der Waals surface area contributed by atoms with Gasteiger partial charge in [0, 0.05) is 12.6 Å². The van der Waals surface area contributed by atoms with Crippen molar-refractivity contribution in [3.8, 4) is 0 Å². The van der Waals surface area contributed by atoms with Crippen molar-refractivity contribution >= 4 is 17.6 Å². The molecule has 16 heavy (non-hydrogen) atoms. The van der Waals surface area contributed by atoms with Crippen molar-refractivity contribution in [3.63, 3.8) is 0 Å². The quantitative estimate of drug-likeness (QED) is 0.519. The Kier molecular flexibility index (Phi) is 2.95. The highest BCUT2D eigenvalue weighted by Gasteiger charge is 2.23. The van der Waals surface area contributed by atoms with Crippen LogP contribution in [-0.4, -0.2) is 42.4 Å². The van der Waals surface area contributed by atoms with Gasteiger partial charge in [0.1, 0.15) is 11.4 Å². The summed E-state index contributed by atoms with van der Waals surface area (Å²) < 4.78 is 4.65. The van der Waals surface area contributed by atoms with E-state index in [1.807, 2.05) is 0 Å². The van der Waals surface area contributed by atoms with Crippen LogP contribution in [0.25, 0.3) is 0 Å². The van der Waals surface area contributed by atoms with Crippen LogP contribution in [-0.2, 0) is 4.74 Å². The Labute approximate surface area is 92.7 Å². The summed E-state index contributed by atoms with van der Waals surface area (Å²) in [4.78, 5) is 11.5. The number of anilines is 2. The Bertz CT molecular complexity index is 383. The third-order valence-corrected chi connectivity index (χ3v) is 2.58. The first-order valence-electron chi connectivity index (χ1n) is 5.11. The molecule has 5 N–H and O–H groups in total. The number of rotatable bonds is 3. The number of esters is 1. The molecule has 1 aromatic rings. The van der Waals surface area contributed by atoms with Crippen LogP contribution in [0.15, 0.2) is 0 Å². The Hall–Kier alpha value is -1.76. The van der Waals surface area contributed by atoms with Crippen molar-refractivity contribution < 1.29 is 9.53 Å². The van der Waals surface area contributed by atoms with Crippen LogP contribution >= 0.6 is 0 Å². The third-order valence-electron chi connectivity index (χ3n) is 2.58. The van der Waals surface area contributed by atoms with Gasteiger partial charge in [-0.15, -0.1) is 0 Å². The number of H-pyrrole nitrogens is 1. The van der Waals surface area contributed by atoms with E-state index in [0.717, 1.165) is 19.5 Å². The molecule has 0 radical (unpaired) electrons. The molecular weight excluding hydrogens is 210 g/mol. The third kappa shape index (κ3) is 1.94. The van der Waals surface area contributed by atoms with Crippen LogP contribution in [0.5, 0.6) is 0 Å². The van der Waals surface area contributed by atoms with Gasteiger partial charge >= 0.3 is 5.97 Å². The number of hydrogen-bond acceptors (Lipinski definition) is 6. The highest BCUT2D eigenvalue weighted by atomic mass is 16.5. The number of aromatic nitrogens is 2. The van der Waals surface area contributed by atoms with Crippen molar-refractivity contribution in [2.24, 2.45) is 0 Å². The molecule has 2 rings (SSSR count). The van der Waals surface area contributed by atoms with E-state index in [1.54, 1.807) is 0 Å². The first-order valence-corrected chi connectivity index (χ1v) is 5.11. The Balaban J connectivity index is 2.16. The summed E-state index contributed by atoms with van der Waals surface area (Å²) >= 11 is 0. The van der Waals surface area contributed by atoms with Crippen LogP contribution in [0.4, 0.5) is 11.6 Å². The molecule has 0 aliphatic carbocycles. The fraction of sp³-hybridized carbons (Fsp3) is 0.556. The molecule has 1 aliphatic heterocycles. The SMILES string of the molecule is COC(=O)c1c(NC2CCNC2)n[nH]c1N. The molecule has 1 atom stereocenters. The predicted octanol–water partition coefficient (Wildman–Crippen LogP) is -0.448. The van der Waals surface area contributed by atoms with Gasteiger partial charge in [-0.3, -0.25) is 5.10 Å². The van der Waals surface area contributed by atoms with Gasteiger partial charge in [0.05, 0.1) is 7.11 Å². The molecular formula is C9H15N5O2. The average molecular weight is 225 g/mol. The second kappa shape index (κ2) is 4.40. The zero-order valence-corrected chi connectivity index (χ0v) is 9.04. The standard InChI is InChI=1S/C9H15N5O2/c1-16-9(15)6-7(10)13-14-8(6)12-5-2-3-11-4-5/h5,11H,2-4H2,1H3,(H4,10,12,13,14). The van der Waals surface area contributed by atoms with E-state index in [1.165, 1.54) is 7.11 Å². The Morgan fingerprint density at radius 3 is 3.12 bits per heavy atom. The monoisotopic (exact) mass is 225 g/mol. The lowest BCUT2D eigenvalue weighted by Gasteiger charge is -2.11. The van der Waals surface area contributed by atoms with Crippen molar-refractivity contribution in [2.75, 3.05) is 31.2 Å². The zero-order chi connectivity index (χ0) is 11.5. The Morgan fingerprint density at radius 2 is 2.50 bits per heavy atom. The topological polar surface area (TPSA) is 105 Å². The highest BCUT2D eigenvalue weighted by Crippen LogP contribution is 2.21. The minimum atomic E-state index is -0.486. The second-order valence-corrected chi connectivity index (χ2v) is 3.69. The molecule has 1 saturated heterocycles. The Morgan fingerprint density at radius 1 is 1.69 bits per heavy atom. The van der Waals surface area contributed by atoms with Gasteiger partial charge in [0.15, 0.2) is 5.82 Å². The van der Waals surface area contributed by atoms with Crippen LogP contribution in [0.1, 0.15) is 16.8 Å². The van der Waals surface area contributed by atoms with Gasteiger partial charge < -0.3 is 21.1 Å². The van der Waals surface area contributed by atoms with Crippen molar-refractivity contribution in [1.82, 2.24) is 15.5 Å². The maximum atomic E-state index is 11.5. The number of ether oxygens (including phenoxy) is 1. The molecule has 7 heteroatoms. The maximum absolute atomic E-state index is 11.5. The smallest absolute Gasteiger partial charge is 0.345 e. The molecule has 0 amide bonds. The van der Waals surface area contributed by atoms with Gasteiger partial charge in [-0.25, -0.2) is 4.79 Å². The van der Waals surface area contributed by atoms with E-state index < -0.39 is 5.97 Å². The summed E-state index contributed by atoms with van der Waals surface area (Å²) in [6.45, 7) is 1.82. The number of nitrogens with zero attached hydrogens (tertiary/aromatic N) is 1. The van der Waals surface area contributed by atoms with Crippen LogP contribution in [0.3, 0.4) is 0 Å². The van der Waals surface area contributed by atoms with Crippen molar-refractivity contribution in [3.05, 3.63) is 5.56 Å². The summed E-state index contributed by atoms with van der Waals surface area (Å²) in [5.41, 5.74) is 5.89. The van der Waals surface area contributed by atoms with Crippen LogP contribution < -0.4 is 16.4 Å². The minimum Gasteiger partial charge on any atom is -0.465 e. The molecule has 0 spiro atoms. The number of methoxy groups -OCH3 is 1. The minimum absolute atomic E-state index is 0.223. The van der Waals surface area contributed by atoms with Crippen LogP contribution in [0, 0.1) is 0 Å². The fourth-order valence-corrected chi connectivity index (χ4v) is 1.74. The highest BCUT2D eigenvalue weighted by molar-refractivity contribution is 5.99. The lowest BCUT2D eigenvalue weighted by molar-refractivity contribution is 0.0603. The second-order valence-electron chi connectivity index (χ2n) is 3.69. The number of hydrogen-bond donors (Lipinski definition) is 4. The molecule has 0 bridgehead atoms. The first-order chi connectivity index (χ1) is 7.72. The maximum Gasteiger partial charge on any atom is 0.345 e. The van der Waals surface area contributed by atoms with Crippen molar-refractivity contribution in [1.29, 1.82) is 0 Å². The van der Waals surface area contributed by atoms with E-state index in [-0.39, 0.29) is 17.4 Å². The van der Waals surface area contributed by atoms with Crippen LogP contribution in [0.2, 0.25) is 0 Å². The number of carbonyl (C=O) groups is 1. The van der Waals surface area contributed by atoms with E-state index in [4.69, 9.17) is 5.73 Å². The summed E-state index contributed by atoms with van der Waals surface area (Å²) in [6.07, 6.45) is 0.993. The number of nitrogens with two attached hydrogens (primary N) is 1. The number of nitrogen functional groups attached to an aromatic ring is 1. The van der Waals surface area contributed by atoms with Gasteiger partial charge in [-0.1, -0.05) is 0 Å². The number of carbonyl (C=O) groups excluding carboxylic acids is 1. The average Bonchev–Trinajstić information content (AvgIpc) is 2.89. The normalized spacial score (nSPS) is 19.7. The first kappa shape index (κ1) is 10.7. The molecule has 88 valence electrons. The zero-order valence-electron chi connectivity index (χ0n) is 9.04.